The molecule has 0 bridgehead atoms. The molecule has 1 N–H and O–H groups in total. The number of ether oxygens (including phenoxy) is 4. The first-order chi connectivity index (χ1) is 31.6. The van der Waals surface area contributed by atoms with Gasteiger partial charge in [-0.25, -0.2) is 4.79 Å². The summed E-state index contributed by atoms with van der Waals surface area (Å²) in [5.41, 5.74) is 0. The van der Waals surface area contributed by atoms with E-state index in [-0.39, 0.29) is 32.7 Å². The number of aliphatic carboxylic acids is 1. The van der Waals surface area contributed by atoms with E-state index in [1.54, 1.807) is 0 Å². The molecule has 9 nitrogen and oxygen atoms in total. The Morgan fingerprint density at radius 1 is 0.462 bits per heavy atom. The van der Waals surface area contributed by atoms with E-state index < -0.39 is 30.3 Å². The molecule has 0 aliphatic rings. The molecule has 0 rings (SSSR count). The minimum absolute atomic E-state index is 0.164. The maximum atomic E-state index is 12.8. The first-order valence-electron chi connectivity index (χ1n) is 24.3. The van der Waals surface area contributed by atoms with Crippen LogP contribution in [0.1, 0.15) is 142 Å². The molecule has 9 heteroatoms. The first-order valence-corrected chi connectivity index (χ1v) is 24.3. The molecule has 0 saturated carbocycles. The van der Waals surface area contributed by atoms with Crippen molar-refractivity contribution in [3.05, 3.63) is 134 Å². The van der Waals surface area contributed by atoms with Crippen LogP contribution in [-0.4, -0.2) is 87.4 Å². The number of carboxylic acid groups (broad SMARTS) is 1. The van der Waals surface area contributed by atoms with Crippen LogP contribution in [-0.2, 0) is 33.3 Å². The second kappa shape index (κ2) is 46.0. The summed E-state index contributed by atoms with van der Waals surface area (Å²) >= 11 is 0. The average Bonchev–Trinajstić information content (AvgIpc) is 3.27. The van der Waals surface area contributed by atoms with E-state index in [9.17, 15) is 19.5 Å². The topological polar surface area (TPSA) is 108 Å². The maximum Gasteiger partial charge on any atom is 0.361 e. The first kappa shape index (κ1) is 60.4. The SMILES string of the molecule is CC/C=C\C/C=C\C/C=C\C/C=C\C/C=C\C/C=C\C/C=C\CCCCCCCC(=O)OC(COC(=O)CC/C=C\C/C=C\C/C=C\C/C=C\CC)COC(OCC[N+](C)(C)C)C(=O)O. The van der Waals surface area contributed by atoms with Gasteiger partial charge in [0.25, 0.3) is 6.29 Å². The second-order valence-corrected chi connectivity index (χ2v) is 16.7. The van der Waals surface area contributed by atoms with Crippen LogP contribution in [0.15, 0.2) is 134 Å². The molecule has 2 unspecified atom stereocenters. The van der Waals surface area contributed by atoms with Gasteiger partial charge in [0.1, 0.15) is 13.2 Å². The van der Waals surface area contributed by atoms with Crippen molar-refractivity contribution in [3.63, 3.8) is 0 Å². The summed E-state index contributed by atoms with van der Waals surface area (Å²) in [5.74, 6) is -2.16. The van der Waals surface area contributed by atoms with Crippen LogP contribution in [0, 0.1) is 0 Å². The van der Waals surface area contributed by atoms with E-state index >= 15 is 0 Å². The molecule has 0 radical (unpaired) electrons. The highest BCUT2D eigenvalue weighted by Gasteiger charge is 2.25. The van der Waals surface area contributed by atoms with Gasteiger partial charge in [-0.15, -0.1) is 0 Å². The van der Waals surface area contributed by atoms with Crippen LogP contribution in [0.5, 0.6) is 0 Å². The van der Waals surface area contributed by atoms with Crippen LogP contribution in [0.2, 0.25) is 0 Å². The summed E-state index contributed by atoms with van der Waals surface area (Å²) in [6, 6.07) is 0. The molecular weight excluding hydrogens is 815 g/mol. The van der Waals surface area contributed by atoms with Crippen molar-refractivity contribution < 1.29 is 42.9 Å². The third kappa shape index (κ3) is 47.2. The van der Waals surface area contributed by atoms with Crippen molar-refractivity contribution in [3.8, 4) is 0 Å². The molecule has 2 atom stereocenters. The Hall–Kier alpha value is -4.57. The van der Waals surface area contributed by atoms with Gasteiger partial charge in [-0.3, -0.25) is 9.59 Å². The van der Waals surface area contributed by atoms with Crippen molar-refractivity contribution in [2.45, 2.75) is 155 Å². The highest BCUT2D eigenvalue weighted by atomic mass is 16.7. The van der Waals surface area contributed by atoms with Crippen molar-refractivity contribution in [1.29, 1.82) is 0 Å². The Bertz CT molecular complexity index is 1520. The molecule has 0 amide bonds. The van der Waals surface area contributed by atoms with Gasteiger partial charge in [-0.1, -0.05) is 167 Å². The van der Waals surface area contributed by atoms with E-state index in [0.717, 1.165) is 103 Å². The van der Waals surface area contributed by atoms with Gasteiger partial charge in [0.15, 0.2) is 6.10 Å². The predicted octanol–water partition coefficient (Wildman–Crippen LogP) is 13.6. The molecule has 0 aromatic rings. The zero-order valence-electron chi connectivity index (χ0n) is 41.1. The third-order valence-electron chi connectivity index (χ3n) is 9.42. The van der Waals surface area contributed by atoms with Gasteiger partial charge in [0.05, 0.1) is 34.4 Å². The van der Waals surface area contributed by atoms with E-state index in [4.69, 9.17) is 18.9 Å². The quantitative estimate of drug-likeness (QED) is 0.0212. The summed E-state index contributed by atoms with van der Waals surface area (Å²) in [7, 11) is 5.91. The summed E-state index contributed by atoms with van der Waals surface area (Å²) in [5, 5.41) is 9.65. The largest absolute Gasteiger partial charge is 0.477 e. The monoisotopic (exact) mass is 903 g/mol. The molecule has 0 heterocycles. The minimum atomic E-state index is -1.54. The van der Waals surface area contributed by atoms with Gasteiger partial charge >= 0.3 is 17.9 Å². The van der Waals surface area contributed by atoms with E-state index in [1.165, 1.54) is 0 Å². The molecule has 0 fully saturated rings. The lowest BCUT2D eigenvalue weighted by atomic mass is 10.1. The molecule has 0 aromatic heterocycles. The number of nitrogens with zero attached hydrogens (tertiary/aromatic N) is 1. The van der Waals surface area contributed by atoms with E-state index in [0.29, 0.717) is 23.9 Å². The van der Waals surface area contributed by atoms with Crippen molar-refractivity contribution in [1.82, 2.24) is 0 Å². The van der Waals surface area contributed by atoms with Crippen LogP contribution < -0.4 is 0 Å². The Balaban J connectivity index is 4.47. The second-order valence-electron chi connectivity index (χ2n) is 16.7. The zero-order valence-corrected chi connectivity index (χ0v) is 41.1. The molecule has 0 aliphatic heterocycles. The molecule has 364 valence electrons. The highest BCUT2D eigenvalue weighted by Crippen LogP contribution is 2.11. The normalized spacial score (nSPS) is 14.0. The fourth-order valence-corrected chi connectivity index (χ4v) is 5.71. The zero-order chi connectivity index (χ0) is 47.7. The number of carbonyl (C=O) groups is 3. The van der Waals surface area contributed by atoms with E-state index in [2.05, 4.69) is 135 Å². The number of carboxylic acids is 1. The van der Waals surface area contributed by atoms with Crippen molar-refractivity contribution in [2.24, 2.45) is 0 Å². The fourth-order valence-electron chi connectivity index (χ4n) is 5.71. The van der Waals surface area contributed by atoms with Gasteiger partial charge in [0.2, 0.25) is 0 Å². The number of quaternary nitrogens is 1. The number of hydrogen-bond acceptors (Lipinski definition) is 7. The summed E-state index contributed by atoms with van der Waals surface area (Å²) in [4.78, 5) is 37.1. The van der Waals surface area contributed by atoms with E-state index in [1.807, 2.05) is 33.3 Å². The number of rotatable bonds is 42. The molecule has 0 saturated heterocycles. The summed E-state index contributed by atoms with van der Waals surface area (Å²) in [6.07, 6.45) is 62.5. The number of hydrogen-bond donors (Lipinski definition) is 1. The number of allylic oxidation sites excluding steroid dienone is 22. The molecule has 65 heavy (non-hydrogen) atoms. The van der Waals surface area contributed by atoms with Crippen LogP contribution in [0.3, 0.4) is 0 Å². The number of likely N-dealkylation sites (N-methyl/N-ethyl adjacent to an activating group) is 1. The van der Waals surface area contributed by atoms with Gasteiger partial charge in [-0.2, -0.15) is 0 Å². The Labute approximate surface area is 395 Å². The van der Waals surface area contributed by atoms with Crippen LogP contribution in [0.25, 0.3) is 0 Å². The Morgan fingerprint density at radius 3 is 1.29 bits per heavy atom. The molecule has 0 spiro atoms. The lowest BCUT2D eigenvalue weighted by molar-refractivity contribution is -0.870. The van der Waals surface area contributed by atoms with Crippen LogP contribution >= 0.6 is 0 Å². The summed E-state index contributed by atoms with van der Waals surface area (Å²) in [6.45, 7) is 4.49. The number of carbonyl (C=O) groups excluding carboxylic acids is 2. The Morgan fingerprint density at radius 2 is 0.862 bits per heavy atom. The van der Waals surface area contributed by atoms with Crippen molar-refractivity contribution >= 4 is 17.9 Å². The van der Waals surface area contributed by atoms with Crippen molar-refractivity contribution in [2.75, 3.05) is 47.5 Å². The Kier molecular flexibility index (Phi) is 42.7. The van der Waals surface area contributed by atoms with Gasteiger partial charge in [0, 0.05) is 12.8 Å². The lowest BCUT2D eigenvalue weighted by Gasteiger charge is -2.25. The highest BCUT2D eigenvalue weighted by molar-refractivity contribution is 5.71. The minimum Gasteiger partial charge on any atom is -0.477 e. The smallest absolute Gasteiger partial charge is 0.361 e. The average molecular weight is 903 g/mol. The lowest BCUT2D eigenvalue weighted by Crippen LogP contribution is -2.40. The number of esters is 2. The maximum absolute atomic E-state index is 12.8. The van der Waals surface area contributed by atoms with Gasteiger partial charge in [-0.05, 0) is 96.3 Å². The molecule has 0 aromatic carbocycles. The van der Waals surface area contributed by atoms with Crippen LogP contribution in [0.4, 0.5) is 0 Å². The molecular formula is C56H88NO8+. The molecule has 0 aliphatic carbocycles. The summed E-state index contributed by atoms with van der Waals surface area (Å²) < 4.78 is 22.6. The number of unbranched alkanes of at least 4 members (excludes halogenated alkanes) is 5. The fraction of sp³-hybridized carbons (Fsp3) is 0.554. The predicted molar refractivity (Wildman–Crippen MR) is 271 cm³/mol. The van der Waals surface area contributed by atoms with Gasteiger partial charge < -0.3 is 28.5 Å². The third-order valence-corrected chi connectivity index (χ3v) is 9.42. The standard InChI is InChI=1S/C56H87NO8/c1-6-8-10-12-14-16-18-20-21-22-23-24-25-26-27-28-29-30-31-32-33-35-37-39-41-43-45-47-54(59)65-52(51-64-56(55(60)61)62-49-48-57(3,4)5)50-63-53(58)46-44-42-40-38-36-34-19-17-15-13-11-9-7-2/h8-11,14-17,20-21,23-24,26-27,29-30,32-34,36,40,42,52,56H,6-7,12-13,18-19,22,25,28,31,35,37-39,41,43-51H2,1-5H3/p+1/b10-8-,11-9-,16-14-,17-15-,21-20-,24-23-,27-26-,30-29-,33-32-,36-34-,42-40-.